The SMILES string of the molecule is [2H]C1([2H])C[C@H]2[C@@H]3CCC4=CC(=O)C=C[C@]4(C)[C@H]3CC[C@]2(C)[C@]1([2H])OS(=O)(=O)O. The predicted molar refractivity (Wildman–Crippen MR) is 93.0 cm³/mol. The number of rotatable bonds is 2. The zero-order chi connectivity index (χ0) is 20.8. The van der Waals surface area contributed by atoms with E-state index in [4.69, 9.17) is 8.30 Å². The smallest absolute Gasteiger partial charge is 0.290 e. The number of carbonyl (C=O) groups excluding carboxylic acids is 1. The molecular formula is C19H26O5S. The van der Waals surface area contributed by atoms with Gasteiger partial charge in [-0.25, -0.2) is 4.18 Å². The summed E-state index contributed by atoms with van der Waals surface area (Å²) < 4.78 is 62.4. The maximum atomic E-state index is 11.8. The molecule has 0 amide bonds. The molecule has 6 heteroatoms. The van der Waals surface area contributed by atoms with Crippen LogP contribution in [-0.2, 0) is 19.4 Å². The van der Waals surface area contributed by atoms with Crippen molar-refractivity contribution in [2.45, 2.75) is 58.4 Å². The molecule has 4 aliphatic carbocycles. The second kappa shape index (κ2) is 5.51. The van der Waals surface area contributed by atoms with E-state index < -0.39 is 28.3 Å². The van der Waals surface area contributed by atoms with Crippen molar-refractivity contribution in [3.05, 3.63) is 23.8 Å². The lowest BCUT2D eigenvalue weighted by Gasteiger charge is -2.56. The molecule has 0 aromatic rings. The number of carbonyl (C=O) groups is 1. The Morgan fingerprint density at radius 2 is 2.08 bits per heavy atom. The van der Waals surface area contributed by atoms with E-state index in [0.29, 0.717) is 12.8 Å². The zero-order valence-electron chi connectivity index (χ0n) is 17.5. The van der Waals surface area contributed by atoms with Gasteiger partial charge in [0.2, 0.25) is 0 Å². The lowest BCUT2D eigenvalue weighted by Crippen LogP contribution is -2.50. The zero-order valence-corrected chi connectivity index (χ0v) is 15.3. The number of allylic oxidation sites excluding steroid dienone is 4. The van der Waals surface area contributed by atoms with Crippen molar-refractivity contribution in [3.63, 3.8) is 0 Å². The van der Waals surface area contributed by atoms with Crippen LogP contribution in [0.25, 0.3) is 0 Å². The molecular weight excluding hydrogens is 340 g/mol. The molecule has 138 valence electrons. The van der Waals surface area contributed by atoms with Gasteiger partial charge in [0.25, 0.3) is 0 Å². The first kappa shape index (κ1) is 14.1. The fourth-order valence-electron chi connectivity index (χ4n) is 5.81. The Morgan fingerprint density at radius 3 is 2.80 bits per heavy atom. The molecule has 0 spiro atoms. The van der Waals surface area contributed by atoms with Crippen LogP contribution in [0.2, 0.25) is 0 Å². The Balaban J connectivity index is 1.75. The summed E-state index contributed by atoms with van der Waals surface area (Å²) in [6, 6.07) is 0. The number of hydrogen-bond acceptors (Lipinski definition) is 4. The van der Waals surface area contributed by atoms with E-state index in [1.807, 2.05) is 6.08 Å². The number of hydrogen-bond donors (Lipinski definition) is 1. The topological polar surface area (TPSA) is 80.7 Å². The van der Waals surface area contributed by atoms with Gasteiger partial charge in [-0.1, -0.05) is 25.5 Å². The van der Waals surface area contributed by atoms with Crippen LogP contribution >= 0.6 is 0 Å². The average molecular weight is 369 g/mol. The summed E-state index contributed by atoms with van der Waals surface area (Å²) in [4.78, 5) is 11.8. The molecule has 4 aliphatic rings. The highest BCUT2D eigenvalue weighted by molar-refractivity contribution is 7.80. The molecule has 3 saturated carbocycles. The van der Waals surface area contributed by atoms with Crippen LogP contribution in [0.4, 0.5) is 0 Å². The third kappa shape index (κ3) is 2.64. The van der Waals surface area contributed by atoms with Crippen molar-refractivity contribution >= 4 is 16.2 Å². The molecule has 0 heterocycles. The highest BCUT2D eigenvalue weighted by Gasteiger charge is 2.59. The first-order valence-electron chi connectivity index (χ1n) is 10.4. The van der Waals surface area contributed by atoms with Crippen LogP contribution in [0.15, 0.2) is 23.8 Å². The van der Waals surface area contributed by atoms with Gasteiger partial charge < -0.3 is 0 Å². The van der Waals surface area contributed by atoms with Crippen LogP contribution in [0, 0.1) is 28.6 Å². The van der Waals surface area contributed by atoms with Gasteiger partial charge in [-0.05, 0) is 73.8 Å². The first-order chi connectivity index (χ1) is 12.7. The second-order valence-corrected chi connectivity index (χ2v) is 9.30. The fourth-order valence-corrected chi connectivity index (χ4v) is 6.27. The third-order valence-corrected chi connectivity index (χ3v) is 7.51. The monoisotopic (exact) mass is 369 g/mol. The molecule has 1 N–H and O–H groups in total. The van der Waals surface area contributed by atoms with Gasteiger partial charge in [0, 0.05) is 8.16 Å². The third-order valence-electron chi connectivity index (χ3n) is 7.14. The van der Waals surface area contributed by atoms with Crippen molar-refractivity contribution in [3.8, 4) is 0 Å². The molecule has 0 unspecified atom stereocenters. The summed E-state index contributed by atoms with van der Waals surface area (Å²) >= 11 is 0. The molecule has 0 aromatic carbocycles. The number of ketones is 1. The molecule has 0 bridgehead atoms. The van der Waals surface area contributed by atoms with Crippen LogP contribution in [0.1, 0.15) is 56.4 Å². The van der Waals surface area contributed by atoms with E-state index in [1.165, 1.54) is 0 Å². The molecule has 25 heavy (non-hydrogen) atoms. The maximum Gasteiger partial charge on any atom is 0.397 e. The average Bonchev–Trinajstić information content (AvgIpc) is 2.70. The predicted octanol–water partition coefficient (Wildman–Crippen LogP) is 3.48. The van der Waals surface area contributed by atoms with Crippen LogP contribution in [-0.4, -0.2) is 24.8 Å². The van der Waals surface area contributed by atoms with Crippen molar-refractivity contribution < 1.29 is 26.1 Å². The summed E-state index contributed by atoms with van der Waals surface area (Å²) in [5, 5.41) is 0. The quantitative estimate of drug-likeness (QED) is 0.754. The van der Waals surface area contributed by atoms with E-state index in [9.17, 15) is 17.8 Å². The first-order valence-corrected chi connectivity index (χ1v) is 10.2. The van der Waals surface area contributed by atoms with Gasteiger partial charge in [0.05, 0.1) is 7.45 Å². The minimum Gasteiger partial charge on any atom is -0.290 e. The van der Waals surface area contributed by atoms with Crippen molar-refractivity contribution in [2.24, 2.45) is 28.6 Å². The molecule has 0 aliphatic heterocycles. The van der Waals surface area contributed by atoms with Gasteiger partial charge in [-0.2, -0.15) is 8.42 Å². The Labute approximate surface area is 153 Å². The van der Waals surface area contributed by atoms with Gasteiger partial charge >= 0.3 is 10.4 Å². The molecule has 0 saturated heterocycles. The van der Waals surface area contributed by atoms with Crippen molar-refractivity contribution in [1.82, 2.24) is 0 Å². The summed E-state index contributed by atoms with van der Waals surface area (Å²) in [7, 11) is -4.98. The van der Waals surface area contributed by atoms with Crippen LogP contribution < -0.4 is 0 Å². The highest BCUT2D eigenvalue weighted by atomic mass is 32.3. The van der Waals surface area contributed by atoms with E-state index in [1.54, 1.807) is 19.1 Å². The summed E-state index contributed by atoms with van der Waals surface area (Å²) in [5.74, 6) is 0.0326. The molecule has 4 rings (SSSR count). The van der Waals surface area contributed by atoms with Crippen molar-refractivity contribution in [2.75, 3.05) is 0 Å². The normalized spacial score (nSPS) is 52.9. The Hall–Kier alpha value is -0.980. The van der Waals surface area contributed by atoms with E-state index in [-0.39, 0.29) is 35.4 Å². The van der Waals surface area contributed by atoms with Crippen LogP contribution in [0.5, 0.6) is 0 Å². The van der Waals surface area contributed by atoms with Gasteiger partial charge in [0.15, 0.2) is 5.78 Å². The standard InChI is InChI=1S/C19H26O5S/c1-18-9-7-13(20)11-12(18)3-4-14-15-5-6-17(24-25(21,22)23)19(15,2)10-8-16(14)18/h7,9,11,14-17H,3-6,8,10H2,1-2H3,(H,21,22,23)/t14-,15-,16-,17+,18-,19-/m0/s1/i6D2,17D. The summed E-state index contributed by atoms with van der Waals surface area (Å²) in [6.07, 6.45) is 3.30. The minimum atomic E-state index is -4.98. The Morgan fingerprint density at radius 1 is 1.32 bits per heavy atom. The van der Waals surface area contributed by atoms with Crippen LogP contribution in [0.3, 0.4) is 0 Å². The summed E-state index contributed by atoms with van der Waals surface area (Å²) in [5.41, 5.74) is -0.210. The fraction of sp³-hybridized carbons (Fsp3) is 0.737. The lowest BCUT2D eigenvalue weighted by atomic mass is 9.48. The highest BCUT2D eigenvalue weighted by Crippen LogP contribution is 2.64. The van der Waals surface area contributed by atoms with E-state index in [2.05, 4.69) is 6.92 Å². The van der Waals surface area contributed by atoms with E-state index in [0.717, 1.165) is 18.4 Å². The maximum absolute atomic E-state index is 11.8. The largest absolute Gasteiger partial charge is 0.397 e. The molecule has 0 radical (unpaired) electrons. The lowest BCUT2D eigenvalue weighted by molar-refractivity contribution is -0.111. The minimum absolute atomic E-state index is 0.00417. The van der Waals surface area contributed by atoms with Gasteiger partial charge in [-0.15, -0.1) is 0 Å². The molecule has 5 nitrogen and oxygen atoms in total. The van der Waals surface area contributed by atoms with Gasteiger partial charge in [0.1, 0.15) is 0 Å². The second-order valence-electron chi connectivity index (χ2n) is 8.28. The van der Waals surface area contributed by atoms with Gasteiger partial charge in [-0.3, -0.25) is 9.35 Å². The molecule has 0 aromatic heterocycles. The van der Waals surface area contributed by atoms with Crippen molar-refractivity contribution in [1.29, 1.82) is 0 Å². The molecule has 6 atom stereocenters. The molecule has 3 fully saturated rings. The summed E-state index contributed by atoms with van der Waals surface area (Å²) in [6.45, 7) is 3.85. The van der Waals surface area contributed by atoms with E-state index >= 15 is 0 Å². The Kier molecular flexibility index (Phi) is 3.11. The number of fused-ring (bicyclic) bond motifs is 5. The Bertz CT molecular complexity index is 897.